The molecule has 8 heteroatoms. The number of aryl methyl sites for hydroxylation is 1. The largest absolute Gasteiger partial charge is 0.336 e. The van der Waals surface area contributed by atoms with Gasteiger partial charge >= 0.3 is 0 Å². The zero-order valence-electron chi connectivity index (χ0n) is 11.6. The van der Waals surface area contributed by atoms with Crippen LogP contribution < -0.4 is 5.73 Å². The van der Waals surface area contributed by atoms with Crippen molar-refractivity contribution in [3.05, 3.63) is 24.3 Å². The van der Waals surface area contributed by atoms with Crippen LogP contribution >= 0.6 is 0 Å². The molecule has 0 atom stereocenters. The minimum Gasteiger partial charge on any atom is -0.336 e. The zero-order chi connectivity index (χ0) is 14.4. The van der Waals surface area contributed by atoms with E-state index in [1.807, 2.05) is 19.3 Å². The molecular formula is C13H15N7O. The molecule has 0 spiro atoms. The summed E-state index contributed by atoms with van der Waals surface area (Å²) in [5, 5.41) is 8.18. The average Bonchev–Trinajstić information content (AvgIpc) is 3.14. The van der Waals surface area contributed by atoms with Gasteiger partial charge in [-0.1, -0.05) is 5.16 Å². The maximum Gasteiger partial charge on any atom is 0.276 e. The van der Waals surface area contributed by atoms with Crippen LogP contribution in [-0.4, -0.2) is 29.9 Å². The van der Waals surface area contributed by atoms with E-state index in [0.29, 0.717) is 23.1 Å². The Balaban J connectivity index is 1.64. The molecule has 0 saturated heterocycles. The standard InChI is InChI=1S/C13H15N7O/c1-20-6-3-8(18-20)10-17-11(21-19-10)9-7-15-12(16-9)13(14)4-2-5-13/h3,6-7H,2,4-5,14H2,1H3,(H,15,16). The van der Waals surface area contributed by atoms with Crippen LogP contribution in [-0.2, 0) is 12.6 Å². The molecule has 1 aliphatic rings. The Hall–Kier alpha value is -2.48. The van der Waals surface area contributed by atoms with E-state index >= 15 is 0 Å². The van der Waals surface area contributed by atoms with Gasteiger partial charge in [-0.05, 0) is 25.3 Å². The van der Waals surface area contributed by atoms with Crippen LogP contribution in [0.15, 0.2) is 23.0 Å². The molecule has 1 aliphatic carbocycles. The molecular weight excluding hydrogens is 270 g/mol. The van der Waals surface area contributed by atoms with Crippen molar-refractivity contribution in [3.8, 4) is 23.1 Å². The molecule has 108 valence electrons. The Bertz CT molecular complexity index is 780. The van der Waals surface area contributed by atoms with Crippen LogP contribution in [0.5, 0.6) is 0 Å². The summed E-state index contributed by atoms with van der Waals surface area (Å²) >= 11 is 0. The van der Waals surface area contributed by atoms with Gasteiger partial charge < -0.3 is 15.2 Å². The lowest BCUT2D eigenvalue weighted by atomic mass is 9.77. The summed E-state index contributed by atoms with van der Waals surface area (Å²) in [6.07, 6.45) is 6.54. The first kappa shape index (κ1) is 12.3. The molecule has 1 fully saturated rings. The third kappa shape index (κ3) is 1.95. The summed E-state index contributed by atoms with van der Waals surface area (Å²) < 4.78 is 6.96. The van der Waals surface area contributed by atoms with Crippen molar-refractivity contribution in [2.75, 3.05) is 0 Å². The second kappa shape index (κ2) is 4.26. The van der Waals surface area contributed by atoms with Crippen LogP contribution in [0.1, 0.15) is 25.1 Å². The molecule has 1 saturated carbocycles. The highest BCUT2D eigenvalue weighted by atomic mass is 16.5. The minimum atomic E-state index is -0.331. The fourth-order valence-corrected chi connectivity index (χ4v) is 2.45. The lowest BCUT2D eigenvalue weighted by Gasteiger charge is -2.35. The molecule has 0 bridgehead atoms. The van der Waals surface area contributed by atoms with Gasteiger partial charge in [-0.25, -0.2) is 4.98 Å². The lowest BCUT2D eigenvalue weighted by molar-refractivity contribution is 0.240. The van der Waals surface area contributed by atoms with E-state index in [1.165, 1.54) is 0 Å². The van der Waals surface area contributed by atoms with Gasteiger partial charge in [-0.3, -0.25) is 4.68 Å². The van der Waals surface area contributed by atoms with Gasteiger partial charge in [0.05, 0.1) is 11.7 Å². The van der Waals surface area contributed by atoms with Crippen molar-refractivity contribution in [2.45, 2.75) is 24.8 Å². The normalized spacial score (nSPS) is 16.9. The van der Waals surface area contributed by atoms with Gasteiger partial charge in [-0.2, -0.15) is 10.1 Å². The van der Waals surface area contributed by atoms with Crippen LogP contribution in [0.25, 0.3) is 23.1 Å². The Morgan fingerprint density at radius 3 is 2.95 bits per heavy atom. The predicted octanol–water partition coefficient (Wildman–Crippen LogP) is 1.20. The number of rotatable bonds is 3. The SMILES string of the molecule is Cn1ccc(-c2noc(-c3cnc(C4(N)CCC4)[nH]3)n2)n1. The number of imidazole rings is 1. The Morgan fingerprint density at radius 1 is 1.43 bits per heavy atom. The fourth-order valence-electron chi connectivity index (χ4n) is 2.45. The van der Waals surface area contributed by atoms with Crippen molar-refractivity contribution in [1.82, 2.24) is 29.9 Å². The predicted molar refractivity (Wildman–Crippen MR) is 73.8 cm³/mol. The molecule has 4 rings (SSSR count). The monoisotopic (exact) mass is 285 g/mol. The second-order valence-electron chi connectivity index (χ2n) is 5.45. The third-order valence-electron chi connectivity index (χ3n) is 3.89. The zero-order valence-corrected chi connectivity index (χ0v) is 11.6. The van der Waals surface area contributed by atoms with Crippen molar-refractivity contribution < 1.29 is 4.52 Å². The molecule has 3 N–H and O–H groups in total. The number of aromatic nitrogens is 6. The molecule has 0 unspecified atom stereocenters. The van der Waals surface area contributed by atoms with E-state index in [4.69, 9.17) is 10.3 Å². The number of hydrogen-bond acceptors (Lipinski definition) is 6. The molecule has 0 amide bonds. The molecule has 0 aromatic carbocycles. The molecule has 3 heterocycles. The number of nitrogens with one attached hydrogen (secondary N) is 1. The van der Waals surface area contributed by atoms with Crippen molar-refractivity contribution in [2.24, 2.45) is 12.8 Å². The summed E-state index contributed by atoms with van der Waals surface area (Å²) in [5.74, 6) is 1.62. The maximum atomic E-state index is 6.24. The summed E-state index contributed by atoms with van der Waals surface area (Å²) in [4.78, 5) is 11.9. The smallest absolute Gasteiger partial charge is 0.276 e. The fraction of sp³-hybridized carbons (Fsp3) is 0.385. The quantitative estimate of drug-likeness (QED) is 0.747. The molecule has 8 nitrogen and oxygen atoms in total. The van der Waals surface area contributed by atoms with E-state index in [-0.39, 0.29) is 5.54 Å². The van der Waals surface area contributed by atoms with Gasteiger partial charge in [0, 0.05) is 13.2 Å². The van der Waals surface area contributed by atoms with E-state index in [9.17, 15) is 0 Å². The summed E-state index contributed by atoms with van der Waals surface area (Å²) in [6, 6.07) is 1.83. The number of aromatic amines is 1. The first-order valence-electron chi connectivity index (χ1n) is 6.82. The Labute approximate surface area is 120 Å². The topological polar surface area (TPSA) is 111 Å². The number of nitrogens with zero attached hydrogens (tertiary/aromatic N) is 5. The summed E-state index contributed by atoms with van der Waals surface area (Å²) in [6.45, 7) is 0. The van der Waals surface area contributed by atoms with Crippen LogP contribution in [0.2, 0.25) is 0 Å². The summed E-state index contributed by atoms with van der Waals surface area (Å²) in [5.41, 5.74) is 7.26. The highest BCUT2D eigenvalue weighted by molar-refractivity contribution is 5.53. The van der Waals surface area contributed by atoms with Gasteiger partial charge in [0.1, 0.15) is 17.2 Å². The molecule has 0 radical (unpaired) electrons. The molecule has 3 aromatic rings. The van der Waals surface area contributed by atoms with Crippen LogP contribution in [0, 0.1) is 0 Å². The lowest BCUT2D eigenvalue weighted by Crippen LogP contribution is -2.44. The maximum absolute atomic E-state index is 6.24. The van der Waals surface area contributed by atoms with E-state index < -0.39 is 0 Å². The van der Waals surface area contributed by atoms with Gasteiger partial charge in [-0.15, -0.1) is 0 Å². The highest BCUT2D eigenvalue weighted by Gasteiger charge is 2.37. The highest BCUT2D eigenvalue weighted by Crippen LogP contribution is 2.37. The minimum absolute atomic E-state index is 0.331. The Morgan fingerprint density at radius 2 is 2.29 bits per heavy atom. The molecule has 0 aliphatic heterocycles. The van der Waals surface area contributed by atoms with Crippen molar-refractivity contribution in [3.63, 3.8) is 0 Å². The molecule has 21 heavy (non-hydrogen) atoms. The Kier molecular flexibility index (Phi) is 2.49. The first-order chi connectivity index (χ1) is 10.1. The van der Waals surface area contributed by atoms with E-state index in [1.54, 1.807) is 10.9 Å². The van der Waals surface area contributed by atoms with Crippen LogP contribution in [0.3, 0.4) is 0 Å². The number of hydrogen-bond donors (Lipinski definition) is 2. The van der Waals surface area contributed by atoms with Crippen LogP contribution in [0.4, 0.5) is 0 Å². The van der Waals surface area contributed by atoms with Gasteiger partial charge in [0.25, 0.3) is 5.89 Å². The summed E-state index contributed by atoms with van der Waals surface area (Å²) in [7, 11) is 1.84. The van der Waals surface area contributed by atoms with Crippen molar-refractivity contribution >= 4 is 0 Å². The van der Waals surface area contributed by atoms with Gasteiger partial charge in [0.15, 0.2) is 0 Å². The van der Waals surface area contributed by atoms with Crippen molar-refractivity contribution in [1.29, 1.82) is 0 Å². The van der Waals surface area contributed by atoms with Gasteiger partial charge in [0.2, 0.25) is 5.82 Å². The average molecular weight is 285 g/mol. The molecule has 3 aromatic heterocycles. The number of H-pyrrole nitrogens is 1. The van der Waals surface area contributed by atoms with E-state index in [2.05, 4.69) is 25.2 Å². The number of nitrogens with two attached hydrogens (primary N) is 1. The third-order valence-corrected chi connectivity index (χ3v) is 3.89. The second-order valence-corrected chi connectivity index (χ2v) is 5.45. The van der Waals surface area contributed by atoms with E-state index in [0.717, 1.165) is 25.1 Å². The first-order valence-corrected chi connectivity index (χ1v) is 6.82.